The SMILES string of the molecule is CC(CCO)CNC(C)c1ccccc1. The maximum absolute atomic E-state index is 8.79. The Morgan fingerprint density at radius 2 is 1.87 bits per heavy atom. The number of aliphatic hydroxyl groups excluding tert-OH is 1. The topological polar surface area (TPSA) is 32.3 Å². The van der Waals surface area contributed by atoms with Gasteiger partial charge in [0.15, 0.2) is 0 Å². The van der Waals surface area contributed by atoms with Gasteiger partial charge in [0.05, 0.1) is 0 Å². The Hall–Kier alpha value is -0.860. The molecule has 0 aliphatic rings. The number of hydrogen-bond donors (Lipinski definition) is 2. The lowest BCUT2D eigenvalue weighted by molar-refractivity contribution is 0.258. The lowest BCUT2D eigenvalue weighted by atomic mass is 10.1. The molecule has 0 aliphatic heterocycles. The highest BCUT2D eigenvalue weighted by Gasteiger charge is 2.06. The predicted octanol–water partition coefficient (Wildman–Crippen LogP) is 2.36. The Kier molecular flexibility index (Phi) is 5.37. The molecule has 0 spiro atoms. The third-order valence-electron chi connectivity index (χ3n) is 2.69. The van der Waals surface area contributed by atoms with E-state index in [1.54, 1.807) is 0 Å². The summed E-state index contributed by atoms with van der Waals surface area (Å²) in [5.41, 5.74) is 1.31. The number of benzene rings is 1. The molecular formula is C13H21NO. The van der Waals surface area contributed by atoms with Crippen molar-refractivity contribution in [3.8, 4) is 0 Å². The first kappa shape index (κ1) is 12.2. The molecule has 15 heavy (non-hydrogen) atoms. The molecule has 0 saturated carbocycles. The molecule has 2 atom stereocenters. The average molecular weight is 207 g/mol. The van der Waals surface area contributed by atoms with Crippen molar-refractivity contribution < 1.29 is 5.11 Å². The normalized spacial score (nSPS) is 14.9. The van der Waals surface area contributed by atoms with Crippen molar-refractivity contribution in [3.63, 3.8) is 0 Å². The van der Waals surface area contributed by atoms with Gasteiger partial charge in [-0.05, 0) is 31.4 Å². The van der Waals surface area contributed by atoms with Gasteiger partial charge in [0.2, 0.25) is 0 Å². The average Bonchev–Trinajstić information content (AvgIpc) is 2.27. The lowest BCUT2D eigenvalue weighted by Gasteiger charge is -2.17. The molecular weight excluding hydrogens is 186 g/mol. The van der Waals surface area contributed by atoms with Crippen molar-refractivity contribution in [3.05, 3.63) is 35.9 Å². The van der Waals surface area contributed by atoms with E-state index in [1.165, 1.54) is 5.56 Å². The van der Waals surface area contributed by atoms with Gasteiger partial charge in [-0.1, -0.05) is 37.3 Å². The molecule has 0 amide bonds. The van der Waals surface area contributed by atoms with Crippen molar-refractivity contribution in [2.45, 2.75) is 26.3 Å². The van der Waals surface area contributed by atoms with Crippen LogP contribution in [0.5, 0.6) is 0 Å². The van der Waals surface area contributed by atoms with Crippen LogP contribution in [0.1, 0.15) is 31.9 Å². The fourth-order valence-corrected chi connectivity index (χ4v) is 1.56. The van der Waals surface area contributed by atoms with Gasteiger partial charge in [0.1, 0.15) is 0 Å². The van der Waals surface area contributed by atoms with Crippen molar-refractivity contribution in [1.82, 2.24) is 5.32 Å². The van der Waals surface area contributed by atoms with Crippen LogP contribution in [0.2, 0.25) is 0 Å². The van der Waals surface area contributed by atoms with Crippen molar-refractivity contribution in [1.29, 1.82) is 0 Å². The summed E-state index contributed by atoms with van der Waals surface area (Å²) in [5, 5.41) is 12.3. The van der Waals surface area contributed by atoms with E-state index < -0.39 is 0 Å². The third kappa shape index (κ3) is 4.45. The van der Waals surface area contributed by atoms with Gasteiger partial charge in [-0.15, -0.1) is 0 Å². The molecule has 1 aromatic rings. The Balaban J connectivity index is 2.33. The van der Waals surface area contributed by atoms with Crippen molar-refractivity contribution in [2.24, 2.45) is 5.92 Å². The zero-order valence-corrected chi connectivity index (χ0v) is 9.61. The van der Waals surface area contributed by atoms with Crippen LogP contribution in [0.3, 0.4) is 0 Å². The van der Waals surface area contributed by atoms with Crippen LogP contribution in [-0.2, 0) is 0 Å². The third-order valence-corrected chi connectivity index (χ3v) is 2.69. The first-order valence-corrected chi connectivity index (χ1v) is 5.63. The van der Waals surface area contributed by atoms with Crippen molar-refractivity contribution in [2.75, 3.05) is 13.2 Å². The van der Waals surface area contributed by atoms with Crippen LogP contribution in [0.15, 0.2) is 30.3 Å². The van der Waals surface area contributed by atoms with Crippen LogP contribution >= 0.6 is 0 Å². The van der Waals surface area contributed by atoms with E-state index in [1.807, 2.05) is 6.07 Å². The summed E-state index contributed by atoms with van der Waals surface area (Å²) in [4.78, 5) is 0. The van der Waals surface area contributed by atoms with Crippen LogP contribution in [0.25, 0.3) is 0 Å². The van der Waals surface area contributed by atoms with Gasteiger partial charge in [0, 0.05) is 12.6 Å². The second-order valence-electron chi connectivity index (χ2n) is 4.16. The van der Waals surface area contributed by atoms with E-state index in [0.29, 0.717) is 12.0 Å². The minimum Gasteiger partial charge on any atom is -0.396 e. The molecule has 0 radical (unpaired) electrons. The lowest BCUT2D eigenvalue weighted by Crippen LogP contribution is -2.24. The molecule has 84 valence electrons. The number of rotatable bonds is 6. The summed E-state index contributed by atoms with van der Waals surface area (Å²) >= 11 is 0. The quantitative estimate of drug-likeness (QED) is 0.750. The van der Waals surface area contributed by atoms with Crippen molar-refractivity contribution >= 4 is 0 Å². The molecule has 2 nitrogen and oxygen atoms in total. The van der Waals surface area contributed by atoms with Crippen LogP contribution in [0, 0.1) is 5.92 Å². The van der Waals surface area contributed by atoms with E-state index >= 15 is 0 Å². The van der Waals surface area contributed by atoms with Gasteiger partial charge in [0.25, 0.3) is 0 Å². The Morgan fingerprint density at radius 3 is 2.47 bits per heavy atom. The second-order valence-corrected chi connectivity index (χ2v) is 4.16. The van der Waals surface area contributed by atoms with Gasteiger partial charge >= 0.3 is 0 Å². The molecule has 0 saturated heterocycles. The summed E-state index contributed by atoms with van der Waals surface area (Å²) < 4.78 is 0. The summed E-state index contributed by atoms with van der Waals surface area (Å²) in [7, 11) is 0. The first-order chi connectivity index (χ1) is 7.24. The number of aliphatic hydroxyl groups is 1. The van der Waals surface area contributed by atoms with E-state index in [4.69, 9.17) is 5.11 Å². The molecule has 0 aromatic heterocycles. The van der Waals surface area contributed by atoms with Gasteiger partial charge in [-0.25, -0.2) is 0 Å². The van der Waals surface area contributed by atoms with Crippen LogP contribution in [-0.4, -0.2) is 18.3 Å². The fraction of sp³-hybridized carbons (Fsp3) is 0.538. The van der Waals surface area contributed by atoms with E-state index in [0.717, 1.165) is 13.0 Å². The molecule has 2 N–H and O–H groups in total. The minimum absolute atomic E-state index is 0.280. The highest BCUT2D eigenvalue weighted by atomic mass is 16.3. The fourth-order valence-electron chi connectivity index (χ4n) is 1.56. The standard InChI is InChI=1S/C13H21NO/c1-11(8-9-15)10-14-12(2)13-6-4-3-5-7-13/h3-7,11-12,14-15H,8-10H2,1-2H3. The minimum atomic E-state index is 0.280. The molecule has 2 heteroatoms. The monoisotopic (exact) mass is 207 g/mol. The summed E-state index contributed by atoms with van der Waals surface area (Å²) in [6.07, 6.45) is 0.870. The summed E-state index contributed by atoms with van der Waals surface area (Å²) in [6, 6.07) is 10.8. The van der Waals surface area contributed by atoms with E-state index in [2.05, 4.69) is 43.4 Å². The van der Waals surface area contributed by atoms with E-state index in [-0.39, 0.29) is 6.61 Å². The highest BCUT2D eigenvalue weighted by molar-refractivity contribution is 5.17. The maximum Gasteiger partial charge on any atom is 0.0434 e. The molecule has 0 fully saturated rings. The Labute approximate surface area is 92.3 Å². The Bertz CT molecular complexity index is 260. The molecule has 1 rings (SSSR count). The molecule has 1 aromatic carbocycles. The molecule has 0 aliphatic carbocycles. The molecule has 0 heterocycles. The predicted molar refractivity (Wildman–Crippen MR) is 63.7 cm³/mol. The maximum atomic E-state index is 8.79. The van der Waals surface area contributed by atoms with Gasteiger partial charge in [-0.2, -0.15) is 0 Å². The van der Waals surface area contributed by atoms with E-state index in [9.17, 15) is 0 Å². The first-order valence-electron chi connectivity index (χ1n) is 5.63. The number of hydrogen-bond acceptors (Lipinski definition) is 2. The number of nitrogens with one attached hydrogen (secondary N) is 1. The second kappa shape index (κ2) is 6.59. The summed E-state index contributed by atoms with van der Waals surface area (Å²) in [5.74, 6) is 0.529. The smallest absolute Gasteiger partial charge is 0.0434 e. The van der Waals surface area contributed by atoms with Gasteiger partial charge in [-0.3, -0.25) is 0 Å². The zero-order valence-electron chi connectivity index (χ0n) is 9.61. The molecule has 2 unspecified atom stereocenters. The largest absolute Gasteiger partial charge is 0.396 e. The highest BCUT2D eigenvalue weighted by Crippen LogP contribution is 2.11. The summed E-state index contributed by atoms with van der Waals surface area (Å²) in [6.45, 7) is 5.56. The van der Waals surface area contributed by atoms with Gasteiger partial charge < -0.3 is 10.4 Å². The zero-order chi connectivity index (χ0) is 11.1. The van der Waals surface area contributed by atoms with Crippen LogP contribution < -0.4 is 5.32 Å². The Morgan fingerprint density at radius 1 is 1.20 bits per heavy atom. The van der Waals surface area contributed by atoms with Crippen LogP contribution in [0.4, 0.5) is 0 Å². The molecule has 0 bridgehead atoms.